The van der Waals surface area contributed by atoms with Crippen LogP contribution in [0.2, 0.25) is 0 Å². The molecule has 1 unspecified atom stereocenters. The van der Waals surface area contributed by atoms with Crippen LogP contribution in [0.1, 0.15) is 12.8 Å². The first kappa shape index (κ1) is 15.9. The minimum absolute atomic E-state index is 0.0338. The zero-order valence-electron chi connectivity index (χ0n) is 10.9. The van der Waals surface area contributed by atoms with E-state index < -0.39 is 18.7 Å². The van der Waals surface area contributed by atoms with Crippen LogP contribution in [0.15, 0.2) is 30.3 Å². The molecule has 110 valence electrons. The highest BCUT2D eigenvalue weighted by Crippen LogP contribution is 2.03. The lowest BCUT2D eigenvalue weighted by molar-refractivity contribution is -0.148. The van der Waals surface area contributed by atoms with Crippen LogP contribution < -0.4 is 10.9 Å². The molecular weight excluding hydrogens is 264 g/mol. The number of ether oxygens (including phenoxy) is 1. The maximum absolute atomic E-state index is 11.4. The smallest absolute Gasteiger partial charge is 0.306 e. The molecule has 0 heterocycles. The van der Waals surface area contributed by atoms with Crippen LogP contribution in [0.4, 0.5) is 5.69 Å². The summed E-state index contributed by atoms with van der Waals surface area (Å²) < 4.78 is 4.66. The third-order valence-electron chi connectivity index (χ3n) is 2.32. The fraction of sp³-hybridized carbons (Fsp3) is 0.385. The standard InChI is InChI=1S/C13H18N2O5/c16-8-11(17)9-20-13(19)7-6-12(18)15-14-10-4-2-1-3-5-10/h1-5,11,14,16-17H,6-9H2,(H,15,18). The monoisotopic (exact) mass is 282 g/mol. The van der Waals surface area contributed by atoms with Crippen molar-refractivity contribution in [3.63, 3.8) is 0 Å². The topological polar surface area (TPSA) is 108 Å². The molecule has 20 heavy (non-hydrogen) atoms. The van der Waals surface area contributed by atoms with E-state index in [4.69, 9.17) is 10.2 Å². The Morgan fingerprint density at radius 2 is 1.90 bits per heavy atom. The molecule has 1 rings (SSSR count). The number of esters is 1. The van der Waals surface area contributed by atoms with Crippen molar-refractivity contribution in [3.05, 3.63) is 30.3 Å². The van der Waals surface area contributed by atoms with Gasteiger partial charge < -0.3 is 14.9 Å². The van der Waals surface area contributed by atoms with Crippen LogP contribution in [0, 0.1) is 0 Å². The van der Waals surface area contributed by atoms with Gasteiger partial charge in [0.2, 0.25) is 5.91 Å². The third kappa shape index (κ3) is 6.72. The summed E-state index contributed by atoms with van der Waals surface area (Å²) in [5.74, 6) is -0.958. The zero-order valence-corrected chi connectivity index (χ0v) is 10.9. The Kier molecular flexibility index (Phi) is 7.08. The van der Waals surface area contributed by atoms with E-state index in [-0.39, 0.29) is 25.4 Å². The Balaban J connectivity index is 2.15. The number of hydrogen-bond acceptors (Lipinski definition) is 6. The second-order valence-electron chi connectivity index (χ2n) is 4.06. The lowest BCUT2D eigenvalue weighted by atomic mass is 10.3. The number of aliphatic hydroxyl groups excluding tert-OH is 2. The summed E-state index contributed by atoms with van der Waals surface area (Å²) in [6.07, 6.45) is -1.22. The molecule has 1 atom stereocenters. The average molecular weight is 282 g/mol. The summed E-state index contributed by atoms with van der Waals surface area (Å²) in [4.78, 5) is 22.7. The SMILES string of the molecule is O=C(CCC(=O)OCC(O)CO)NNc1ccccc1. The van der Waals surface area contributed by atoms with Crippen molar-refractivity contribution in [2.75, 3.05) is 18.6 Å². The molecule has 0 aliphatic rings. The summed E-state index contributed by atoms with van der Waals surface area (Å²) in [6.45, 7) is -0.756. The summed E-state index contributed by atoms with van der Waals surface area (Å²) in [5, 5.41) is 17.5. The lowest BCUT2D eigenvalue weighted by Crippen LogP contribution is -2.30. The molecule has 0 aromatic heterocycles. The number of benzene rings is 1. The summed E-state index contributed by atoms with van der Waals surface area (Å²) in [7, 11) is 0. The normalized spacial score (nSPS) is 11.5. The van der Waals surface area contributed by atoms with E-state index in [0.717, 1.165) is 5.69 Å². The van der Waals surface area contributed by atoms with Gasteiger partial charge in [-0.2, -0.15) is 0 Å². The van der Waals surface area contributed by atoms with E-state index in [1.807, 2.05) is 18.2 Å². The van der Waals surface area contributed by atoms with Gasteiger partial charge in [0.25, 0.3) is 0 Å². The number of anilines is 1. The van der Waals surface area contributed by atoms with Crippen LogP contribution in [-0.2, 0) is 14.3 Å². The number of hydrogen-bond donors (Lipinski definition) is 4. The molecular formula is C13H18N2O5. The molecule has 0 fully saturated rings. The highest BCUT2D eigenvalue weighted by Gasteiger charge is 2.10. The molecule has 0 aliphatic carbocycles. The van der Waals surface area contributed by atoms with Gasteiger partial charge >= 0.3 is 5.97 Å². The molecule has 1 aromatic carbocycles. The molecule has 4 N–H and O–H groups in total. The van der Waals surface area contributed by atoms with Crippen LogP contribution in [0.5, 0.6) is 0 Å². The molecule has 0 bridgehead atoms. The van der Waals surface area contributed by atoms with Gasteiger partial charge in [-0.1, -0.05) is 18.2 Å². The minimum Gasteiger partial charge on any atom is -0.463 e. The third-order valence-corrected chi connectivity index (χ3v) is 2.32. The summed E-state index contributed by atoms with van der Waals surface area (Å²) in [6, 6.07) is 9.05. The molecule has 0 spiro atoms. The summed E-state index contributed by atoms with van der Waals surface area (Å²) in [5.41, 5.74) is 5.88. The first-order valence-electron chi connectivity index (χ1n) is 6.16. The van der Waals surface area contributed by atoms with Crippen molar-refractivity contribution in [2.24, 2.45) is 0 Å². The Labute approximate surface area is 116 Å². The number of para-hydroxylation sites is 1. The van der Waals surface area contributed by atoms with E-state index in [1.165, 1.54) is 0 Å². The molecule has 1 aromatic rings. The predicted octanol–water partition coefficient (Wildman–Crippen LogP) is -0.194. The van der Waals surface area contributed by atoms with Crippen molar-refractivity contribution >= 4 is 17.6 Å². The molecule has 0 radical (unpaired) electrons. The average Bonchev–Trinajstić information content (AvgIpc) is 2.49. The Morgan fingerprint density at radius 3 is 2.55 bits per heavy atom. The van der Waals surface area contributed by atoms with Crippen molar-refractivity contribution < 1.29 is 24.5 Å². The van der Waals surface area contributed by atoms with Crippen molar-refractivity contribution in [3.8, 4) is 0 Å². The minimum atomic E-state index is -1.09. The van der Waals surface area contributed by atoms with Gasteiger partial charge in [0.15, 0.2) is 0 Å². The van der Waals surface area contributed by atoms with Gasteiger partial charge in [-0.3, -0.25) is 20.4 Å². The van der Waals surface area contributed by atoms with Gasteiger partial charge in [0.05, 0.1) is 18.7 Å². The van der Waals surface area contributed by atoms with Crippen LogP contribution in [0.25, 0.3) is 0 Å². The molecule has 7 heteroatoms. The number of rotatable bonds is 8. The van der Waals surface area contributed by atoms with Crippen LogP contribution in [0.3, 0.4) is 0 Å². The maximum atomic E-state index is 11.4. The Bertz CT molecular complexity index is 424. The van der Waals surface area contributed by atoms with E-state index in [2.05, 4.69) is 15.6 Å². The lowest BCUT2D eigenvalue weighted by Gasteiger charge is -2.09. The highest BCUT2D eigenvalue weighted by atomic mass is 16.5. The molecule has 1 amide bonds. The van der Waals surface area contributed by atoms with Crippen molar-refractivity contribution in [1.29, 1.82) is 0 Å². The number of carbonyl (C=O) groups excluding carboxylic acids is 2. The summed E-state index contributed by atoms with van der Waals surface area (Å²) >= 11 is 0. The number of carbonyl (C=O) groups is 2. The number of nitrogens with one attached hydrogen (secondary N) is 2. The first-order valence-corrected chi connectivity index (χ1v) is 6.16. The predicted molar refractivity (Wildman–Crippen MR) is 71.5 cm³/mol. The quantitative estimate of drug-likeness (QED) is 0.389. The van der Waals surface area contributed by atoms with E-state index in [0.29, 0.717) is 0 Å². The molecule has 0 saturated carbocycles. The van der Waals surface area contributed by atoms with Gasteiger partial charge in [0, 0.05) is 6.42 Å². The van der Waals surface area contributed by atoms with Gasteiger partial charge in [-0.05, 0) is 12.1 Å². The van der Waals surface area contributed by atoms with Crippen LogP contribution in [-0.4, -0.2) is 41.4 Å². The Hall–Kier alpha value is -2.12. The molecule has 7 nitrogen and oxygen atoms in total. The van der Waals surface area contributed by atoms with Crippen LogP contribution >= 0.6 is 0 Å². The second kappa shape index (κ2) is 8.89. The second-order valence-corrected chi connectivity index (χ2v) is 4.06. The number of amides is 1. The first-order chi connectivity index (χ1) is 9.61. The Morgan fingerprint density at radius 1 is 1.20 bits per heavy atom. The zero-order chi connectivity index (χ0) is 14.8. The van der Waals surface area contributed by atoms with E-state index >= 15 is 0 Å². The largest absolute Gasteiger partial charge is 0.463 e. The van der Waals surface area contributed by atoms with Crippen molar-refractivity contribution in [1.82, 2.24) is 5.43 Å². The van der Waals surface area contributed by atoms with Gasteiger partial charge in [0.1, 0.15) is 12.7 Å². The number of aliphatic hydroxyl groups is 2. The number of hydrazine groups is 1. The van der Waals surface area contributed by atoms with E-state index in [1.54, 1.807) is 12.1 Å². The van der Waals surface area contributed by atoms with Gasteiger partial charge in [-0.15, -0.1) is 0 Å². The van der Waals surface area contributed by atoms with Crippen molar-refractivity contribution in [2.45, 2.75) is 18.9 Å². The molecule has 0 aliphatic heterocycles. The highest BCUT2D eigenvalue weighted by molar-refractivity contribution is 5.82. The fourth-order valence-electron chi connectivity index (χ4n) is 1.26. The molecule has 0 saturated heterocycles. The fourth-order valence-corrected chi connectivity index (χ4v) is 1.26. The van der Waals surface area contributed by atoms with Gasteiger partial charge in [-0.25, -0.2) is 0 Å². The van der Waals surface area contributed by atoms with E-state index in [9.17, 15) is 9.59 Å². The maximum Gasteiger partial charge on any atom is 0.306 e.